The lowest BCUT2D eigenvalue weighted by molar-refractivity contribution is 0.121. The molecule has 1 saturated heterocycles. The van der Waals surface area contributed by atoms with E-state index in [4.69, 9.17) is 9.47 Å². The number of methoxy groups -OCH3 is 1. The van der Waals surface area contributed by atoms with Gasteiger partial charge in [0.15, 0.2) is 0 Å². The first-order valence-electron chi connectivity index (χ1n) is 5.42. The minimum atomic E-state index is 0.272. The molecule has 1 N–H and O–H groups in total. The lowest BCUT2D eigenvalue weighted by Crippen LogP contribution is -2.26. The van der Waals surface area contributed by atoms with Gasteiger partial charge in [0.1, 0.15) is 5.75 Å². The fourth-order valence-electron chi connectivity index (χ4n) is 1.86. The van der Waals surface area contributed by atoms with E-state index in [1.54, 1.807) is 7.11 Å². The second kappa shape index (κ2) is 5.06. The van der Waals surface area contributed by atoms with Crippen LogP contribution in [0.1, 0.15) is 13.3 Å². The van der Waals surface area contributed by atoms with Crippen molar-refractivity contribution >= 4 is 21.6 Å². The van der Waals surface area contributed by atoms with Crippen LogP contribution in [0.2, 0.25) is 0 Å². The molecule has 0 aromatic heterocycles. The van der Waals surface area contributed by atoms with Gasteiger partial charge < -0.3 is 14.8 Å². The van der Waals surface area contributed by atoms with Gasteiger partial charge in [0.25, 0.3) is 0 Å². The summed E-state index contributed by atoms with van der Waals surface area (Å²) in [5.74, 6) is 0.855. The number of rotatable bonds is 3. The van der Waals surface area contributed by atoms with Gasteiger partial charge >= 0.3 is 0 Å². The second-order valence-electron chi connectivity index (χ2n) is 3.96. The molecule has 1 aromatic rings. The Bertz CT molecular complexity index is 370. The van der Waals surface area contributed by atoms with Gasteiger partial charge in [-0.2, -0.15) is 0 Å². The van der Waals surface area contributed by atoms with Crippen molar-refractivity contribution in [3.63, 3.8) is 0 Å². The summed E-state index contributed by atoms with van der Waals surface area (Å²) < 4.78 is 11.7. The highest BCUT2D eigenvalue weighted by atomic mass is 79.9. The van der Waals surface area contributed by atoms with E-state index in [2.05, 4.69) is 28.2 Å². The minimum absolute atomic E-state index is 0.272. The highest BCUT2D eigenvalue weighted by Crippen LogP contribution is 2.29. The molecule has 0 saturated carbocycles. The van der Waals surface area contributed by atoms with Crippen molar-refractivity contribution in [1.82, 2.24) is 0 Å². The first-order chi connectivity index (χ1) is 7.70. The lowest BCUT2D eigenvalue weighted by Gasteiger charge is -2.18. The molecule has 2 rings (SSSR count). The SMILES string of the molecule is COc1ccc(NC2CCOC2C)c(Br)c1. The Morgan fingerprint density at radius 3 is 2.88 bits per heavy atom. The topological polar surface area (TPSA) is 30.5 Å². The number of benzene rings is 1. The van der Waals surface area contributed by atoms with Gasteiger partial charge in [0.2, 0.25) is 0 Å². The molecule has 1 aliphatic rings. The maximum atomic E-state index is 5.52. The summed E-state index contributed by atoms with van der Waals surface area (Å²) in [6, 6.07) is 6.33. The van der Waals surface area contributed by atoms with Crippen LogP contribution in [0.3, 0.4) is 0 Å². The molecule has 1 aromatic carbocycles. The lowest BCUT2D eigenvalue weighted by atomic mass is 10.1. The summed E-state index contributed by atoms with van der Waals surface area (Å²) in [5, 5.41) is 3.48. The summed E-state index contributed by atoms with van der Waals surface area (Å²) in [4.78, 5) is 0. The second-order valence-corrected chi connectivity index (χ2v) is 4.82. The van der Waals surface area contributed by atoms with Gasteiger partial charge in [-0.3, -0.25) is 0 Å². The molecule has 1 aliphatic heterocycles. The molecule has 88 valence electrons. The summed E-state index contributed by atoms with van der Waals surface area (Å²) in [5.41, 5.74) is 1.09. The number of ether oxygens (including phenoxy) is 2. The van der Waals surface area contributed by atoms with Gasteiger partial charge in [-0.25, -0.2) is 0 Å². The molecule has 0 aliphatic carbocycles. The minimum Gasteiger partial charge on any atom is -0.497 e. The fourth-order valence-corrected chi connectivity index (χ4v) is 2.33. The van der Waals surface area contributed by atoms with Crippen molar-refractivity contribution in [2.75, 3.05) is 19.0 Å². The number of anilines is 1. The monoisotopic (exact) mass is 285 g/mol. The molecule has 0 amide bonds. The molecule has 16 heavy (non-hydrogen) atoms. The van der Waals surface area contributed by atoms with Crippen molar-refractivity contribution in [3.05, 3.63) is 22.7 Å². The highest BCUT2D eigenvalue weighted by Gasteiger charge is 2.24. The maximum Gasteiger partial charge on any atom is 0.120 e. The molecule has 2 unspecified atom stereocenters. The van der Waals surface area contributed by atoms with E-state index in [0.29, 0.717) is 6.04 Å². The Kier molecular flexibility index (Phi) is 3.71. The van der Waals surface area contributed by atoms with E-state index in [0.717, 1.165) is 28.9 Å². The van der Waals surface area contributed by atoms with Crippen molar-refractivity contribution < 1.29 is 9.47 Å². The van der Waals surface area contributed by atoms with Crippen LogP contribution in [0, 0.1) is 0 Å². The third-order valence-electron chi connectivity index (χ3n) is 2.89. The quantitative estimate of drug-likeness (QED) is 0.926. The third kappa shape index (κ3) is 2.50. The zero-order chi connectivity index (χ0) is 11.5. The normalized spacial score (nSPS) is 24.4. The number of hydrogen-bond donors (Lipinski definition) is 1. The summed E-state index contributed by atoms with van der Waals surface area (Å²) in [7, 11) is 1.67. The van der Waals surface area contributed by atoms with Crippen LogP contribution in [0.15, 0.2) is 22.7 Å². The molecular formula is C12H16BrNO2. The maximum absolute atomic E-state index is 5.52. The van der Waals surface area contributed by atoms with Crippen LogP contribution in [-0.4, -0.2) is 25.9 Å². The Balaban J connectivity index is 2.09. The molecule has 1 fully saturated rings. The van der Waals surface area contributed by atoms with E-state index in [-0.39, 0.29) is 6.10 Å². The summed E-state index contributed by atoms with van der Waals surface area (Å²) in [6.45, 7) is 2.94. The first kappa shape index (κ1) is 11.7. The molecule has 0 bridgehead atoms. The van der Waals surface area contributed by atoms with E-state index in [1.165, 1.54) is 0 Å². The van der Waals surface area contributed by atoms with Gasteiger partial charge in [-0.15, -0.1) is 0 Å². The predicted molar refractivity (Wildman–Crippen MR) is 68.1 cm³/mol. The standard InChI is InChI=1S/C12H16BrNO2/c1-8-11(5-6-16-8)14-12-4-3-9(15-2)7-10(12)13/h3-4,7-8,11,14H,5-6H2,1-2H3. The van der Waals surface area contributed by atoms with Crippen LogP contribution in [0.4, 0.5) is 5.69 Å². The smallest absolute Gasteiger partial charge is 0.120 e. The van der Waals surface area contributed by atoms with Crippen molar-refractivity contribution in [2.45, 2.75) is 25.5 Å². The van der Waals surface area contributed by atoms with Crippen LogP contribution < -0.4 is 10.1 Å². The molecule has 0 spiro atoms. The van der Waals surface area contributed by atoms with Gasteiger partial charge in [-0.05, 0) is 47.5 Å². The van der Waals surface area contributed by atoms with Crippen molar-refractivity contribution in [2.24, 2.45) is 0 Å². The molecule has 3 nitrogen and oxygen atoms in total. The number of hydrogen-bond acceptors (Lipinski definition) is 3. The van der Waals surface area contributed by atoms with Crippen molar-refractivity contribution in [3.8, 4) is 5.75 Å². The third-order valence-corrected chi connectivity index (χ3v) is 3.55. The van der Waals surface area contributed by atoms with Gasteiger partial charge in [-0.1, -0.05) is 0 Å². The van der Waals surface area contributed by atoms with Crippen LogP contribution in [0.5, 0.6) is 5.75 Å². The number of nitrogens with one attached hydrogen (secondary N) is 1. The van der Waals surface area contributed by atoms with Gasteiger partial charge in [0.05, 0.1) is 19.3 Å². The summed E-state index contributed by atoms with van der Waals surface area (Å²) in [6.07, 6.45) is 1.33. The molecule has 0 radical (unpaired) electrons. The Morgan fingerprint density at radius 1 is 1.50 bits per heavy atom. The molecule has 4 heteroatoms. The molecule has 2 atom stereocenters. The largest absolute Gasteiger partial charge is 0.497 e. The van der Waals surface area contributed by atoms with Crippen LogP contribution in [0.25, 0.3) is 0 Å². The zero-order valence-corrected chi connectivity index (χ0v) is 11.1. The average Bonchev–Trinajstić information content (AvgIpc) is 2.67. The average molecular weight is 286 g/mol. The Hall–Kier alpha value is -0.740. The van der Waals surface area contributed by atoms with E-state index in [1.807, 2.05) is 18.2 Å². The van der Waals surface area contributed by atoms with E-state index in [9.17, 15) is 0 Å². The van der Waals surface area contributed by atoms with Crippen LogP contribution in [-0.2, 0) is 4.74 Å². The summed E-state index contributed by atoms with van der Waals surface area (Å²) >= 11 is 3.53. The zero-order valence-electron chi connectivity index (χ0n) is 9.50. The Morgan fingerprint density at radius 2 is 2.31 bits per heavy atom. The highest BCUT2D eigenvalue weighted by molar-refractivity contribution is 9.10. The fraction of sp³-hybridized carbons (Fsp3) is 0.500. The first-order valence-corrected chi connectivity index (χ1v) is 6.21. The Labute approximate surface area is 104 Å². The van der Waals surface area contributed by atoms with Gasteiger partial charge in [0, 0.05) is 16.8 Å². The van der Waals surface area contributed by atoms with E-state index >= 15 is 0 Å². The van der Waals surface area contributed by atoms with E-state index < -0.39 is 0 Å². The number of halogens is 1. The molecular weight excluding hydrogens is 270 g/mol. The predicted octanol–water partition coefficient (Wildman–Crippen LogP) is 3.05. The van der Waals surface area contributed by atoms with Crippen LogP contribution >= 0.6 is 15.9 Å². The molecule has 1 heterocycles. The van der Waals surface area contributed by atoms with Crippen molar-refractivity contribution in [1.29, 1.82) is 0 Å².